The van der Waals surface area contributed by atoms with Gasteiger partial charge in [0.2, 0.25) is 0 Å². The first-order valence-electron chi connectivity index (χ1n) is 12.9. The molecule has 0 unspecified atom stereocenters. The van der Waals surface area contributed by atoms with Gasteiger partial charge in [0.15, 0.2) is 0 Å². The summed E-state index contributed by atoms with van der Waals surface area (Å²) in [6.07, 6.45) is 4.02. The van der Waals surface area contributed by atoms with Gasteiger partial charge in [0.1, 0.15) is 23.1 Å². The molecule has 6 rings (SSSR count). The molecule has 0 aliphatic rings. The molecule has 0 bridgehead atoms. The molecule has 0 saturated carbocycles. The van der Waals surface area contributed by atoms with Crippen molar-refractivity contribution in [1.29, 1.82) is 5.26 Å². The molecule has 0 aliphatic carbocycles. The SMILES string of the molecule is COc1ccc2c(cc(C#N)n2Cc2cnn(C(c3ccccc3)(c3ccccc3)c3ccccc3)c2)c1C. The van der Waals surface area contributed by atoms with E-state index in [1.54, 1.807) is 7.11 Å². The number of hydrogen-bond acceptors (Lipinski definition) is 3. The van der Waals surface area contributed by atoms with Gasteiger partial charge in [0, 0.05) is 28.2 Å². The second-order valence-corrected chi connectivity index (χ2v) is 9.65. The van der Waals surface area contributed by atoms with Crippen molar-refractivity contribution >= 4 is 10.9 Å². The molecule has 0 radical (unpaired) electrons. The van der Waals surface area contributed by atoms with E-state index in [1.807, 2.05) is 49.5 Å². The number of methoxy groups -OCH3 is 1. The van der Waals surface area contributed by atoms with E-state index in [4.69, 9.17) is 9.84 Å². The fraction of sp³-hybridized carbons (Fsp3) is 0.118. The largest absolute Gasteiger partial charge is 0.496 e. The third-order valence-electron chi connectivity index (χ3n) is 7.53. The number of aryl methyl sites for hydroxylation is 1. The van der Waals surface area contributed by atoms with Gasteiger partial charge in [0.25, 0.3) is 0 Å². The van der Waals surface area contributed by atoms with Crippen LogP contribution in [-0.2, 0) is 12.1 Å². The lowest BCUT2D eigenvalue weighted by Crippen LogP contribution is -2.38. The van der Waals surface area contributed by atoms with E-state index in [2.05, 4.69) is 94.3 Å². The quantitative estimate of drug-likeness (QED) is 0.220. The van der Waals surface area contributed by atoms with Gasteiger partial charge in [-0.1, -0.05) is 91.0 Å². The lowest BCUT2D eigenvalue weighted by atomic mass is 9.77. The molecule has 6 aromatic rings. The molecule has 5 nitrogen and oxygen atoms in total. The Morgan fingerprint density at radius 3 is 1.90 bits per heavy atom. The van der Waals surface area contributed by atoms with Crippen molar-refractivity contribution in [3.8, 4) is 11.8 Å². The van der Waals surface area contributed by atoms with Crippen LogP contribution in [0.4, 0.5) is 0 Å². The van der Waals surface area contributed by atoms with E-state index in [9.17, 15) is 5.26 Å². The van der Waals surface area contributed by atoms with Crippen molar-refractivity contribution in [1.82, 2.24) is 14.3 Å². The first kappa shape index (κ1) is 24.3. The monoisotopic (exact) mass is 508 g/mol. The van der Waals surface area contributed by atoms with Gasteiger partial charge in [0.05, 0.1) is 19.9 Å². The Morgan fingerprint density at radius 1 is 0.821 bits per heavy atom. The predicted molar refractivity (Wildman–Crippen MR) is 154 cm³/mol. The summed E-state index contributed by atoms with van der Waals surface area (Å²) in [6, 6.07) is 39.8. The topological polar surface area (TPSA) is 55.8 Å². The highest BCUT2D eigenvalue weighted by Crippen LogP contribution is 2.40. The van der Waals surface area contributed by atoms with Gasteiger partial charge in [-0.15, -0.1) is 0 Å². The Kier molecular flexibility index (Phi) is 6.22. The van der Waals surface area contributed by atoms with E-state index in [1.165, 1.54) is 0 Å². The van der Waals surface area contributed by atoms with Crippen molar-refractivity contribution < 1.29 is 4.74 Å². The number of fused-ring (bicyclic) bond motifs is 1. The van der Waals surface area contributed by atoms with Crippen LogP contribution in [0.1, 0.15) is 33.5 Å². The van der Waals surface area contributed by atoms with Crippen LogP contribution >= 0.6 is 0 Å². The van der Waals surface area contributed by atoms with E-state index >= 15 is 0 Å². The summed E-state index contributed by atoms with van der Waals surface area (Å²) in [5, 5.41) is 16.0. The minimum Gasteiger partial charge on any atom is -0.496 e. The minimum atomic E-state index is -0.678. The molecule has 0 N–H and O–H groups in total. The Morgan fingerprint density at radius 2 is 1.38 bits per heavy atom. The second kappa shape index (κ2) is 10.00. The van der Waals surface area contributed by atoms with E-state index in [-0.39, 0.29) is 0 Å². The van der Waals surface area contributed by atoms with Crippen molar-refractivity contribution in [2.75, 3.05) is 7.11 Å². The molecule has 5 heteroatoms. The summed E-state index contributed by atoms with van der Waals surface area (Å²) < 4.78 is 9.63. The smallest absolute Gasteiger partial charge is 0.138 e. The molecule has 39 heavy (non-hydrogen) atoms. The van der Waals surface area contributed by atoms with Gasteiger partial charge < -0.3 is 9.30 Å². The maximum atomic E-state index is 9.97. The van der Waals surface area contributed by atoms with Crippen LogP contribution in [0.25, 0.3) is 10.9 Å². The van der Waals surface area contributed by atoms with Crippen molar-refractivity contribution in [2.45, 2.75) is 19.0 Å². The molecule has 4 aromatic carbocycles. The molecule has 0 amide bonds. The molecular formula is C34H28N4O. The highest BCUT2D eigenvalue weighted by atomic mass is 16.5. The summed E-state index contributed by atoms with van der Waals surface area (Å²) in [5.41, 5.74) is 6.30. The zero-order valence-electron chi connectivity index (χ0n) is 22.0. The Balaban J connectivity index is 1.53. The zero-order chi connectivity index (χ0) is 26.8. The highest BCUT2D eigenvalue weighted by Gasteiger charge is 2.39. The highest BCUT2D eigenvalue weighted by molar-refractivity contribution is 5.87. The van der Waals surface area contributed by atoms with Gasteiger partial charge in [-0.3, -0.25) is 4.68 Å². The van der Waals surface area contributed by atoms with Crippen molar-refractivity contribution in [2.24, 2.45) is 0 Å². The molecule has 0 atom stereocenters. The van der Waals surface area contributed by atoms with Crippen LogP contribution in [0.3, 0.4) is 0 Å². The summed E-state index contributed by atoms with van der Waals surface area (Å²) >= 11 is 0. The lowest BCUT2D eigenvalue weighted by molar-refractivity contribution is 0.412. The van der Waals surface area contributed by atoms with Crippen LogP contribution in [0.15, 0.2) is 122 Å². The number of hydrogen-bond donors (Lipinski definition) is 0. The van der Waals surface area contributed by atoms with Crippen LogP contribution in [0, 0.1) is 18.3 Å². The van der Waals surface area contributed by atoms with Crippen LogP contribution in [-0.4, -0.2) is 21.5 Å². The number of benzene rings is 4. The van der Waals surface area contributed by atoms with E-state index < -0.39 is 5.54 Å². The first-order valence-corrected chi connectivity index (χ1v) is 12.9. The molecule has 0 saturated heterocycles. The van der Waals surface area contributed by atoms with Crippen LogP contribution < -0.4 is 4.74 Å². The maximum Gasteiger partial charge on any atom is 0.138 e. The number of aromatic nitrogens is 3. The summed E-state index contributed by atoms with van der Waals surface area (Å²) in [6.45, 7) is 2.55. The van der Waals surface area contributed by atoms with Gasteiger partial charge in [-0.05, 0) is 41.8 Å². The van der Waals surface area contributed by atoms with E-state index in [0.29, 0.717) is 12.2 Å². The van der Waals surface area contributed by atoms with E-state index in [0.717, 1.165) is 44.5 Å². The standard InChI is InChI=1S/C34H28N4O/c1-25-31-20-30(21-35)37(32(31)18-19-33(25)39-2)23-26-22-36-38(24-26)34(27-12-6-3-7-13-27,28-14-8-4-9-15-28)29-16-10-5-11-17-29/h3-20,22,24H,23H2,1-2H3. The molecular weight excluding hydrogens is 480 g/mol. The van der Waals surface area contributed by atoms with Crippen molar-refractivity contribution in [3.63, 3.8) is 0 Å². The summed E-state index contributed by atoms with van der Waals surface area (Å²) in [4.78, 5) is 0. The third kappa shape index (κ3) is 3.98. The Labute approximate surface area is 228 Å². The number of ether oxygens (including phenoxy) is 1. The molecule has 2 aromatic heterocycles. The summed E-state index contributed by atoms with van der Waals surface area (Å²) in [7, 11) is 1.67. The van der Waals surface area contributed by atoms with Gasteiger partial charge >= 0.3 is 0 Å². The van der Waals surface area contributed by atoms with Crippen molar-refractivity contribution in [3.05, 3.63) is 155 Å². The molecule has 0 spiro atoms. The molecule has 0 aliphatic heterocycles. The minimum absolute atomic E-state index is 0.520. The molecule has 2 heterocycles. The first-order chi connectivity index (χ1) is 19.2. The fourth-order valence-electron chi connectivity index (χ4n) is 5.68. The zero-order valence-corrected chi connectivity index (χ0v) is 22.0. The molecule has 190 valence electrons. The van der Waals surface area contributed by atoms with Gasteiger partial charge in [-0.25, -0.2) is 0 Å². The fourth-order valence-corrected chi connectivity index (χ4v) is 5.68. The second-order valence-electron chi connectivity index (χ2n) is 9.65. The van der Waals surface area contributed by atoms with Gasteiger partial charge in [-0.2, -0.15) is 10.4 Å². The average Bonchev–Trinajstić information content (AvgIpc) is 3.61. The summed E-state index contributed by atoms with van der Waals surface area (Å²) in [5.74, 6) is 0.815. The maximum absolute atomic E-state index is 9.97. The predicted octanol–water partition coefficient (Wildman–Crippen LogP) is 6.92. The number of nitrogens with zero attached hydrogens (tertiary/aromatic N) is 4. The number of rotatable bonds is 7. The molecule has 0 fully saturated rings. The lowest BCUT2D eigenvalue weighted by Gasteiger charge is -2.36. The Bertz CT molecular complexity index is 1680. The Hall–Kier alpha value is -5.08. The van der Waals surface area contributed by atoms with Crippen LogP contribution in [0.5, 0.6) is 5.75 Å². The normalized spacial score (nSPS) is 11.4. The number of nitriles is 1. The third-order valence-corrected chi connectivity index (χ3v) is 7.53. The van der Waals surface area contributed by atoms with Crippen LogP contribution in [0.2, 0.25) is 0 Å². The average molecular weight is 509 g/mol.